The van der Waals surface area contributed by atoms with E-state index >= 15 is 0 Å². The molecule has 6 aromatic rings. The van der Waals surface area contributed by atoms with Gasteiger partial charge in [0.05, 0.1) is 29.8 Å². The Morgan fingerprint density at radius 2 is 1.10 bits per heavy atom. The summed E-state index contributed by atoms with van der Waals surface area (Å²) in [5.74, 6) is -0.983. The molecule has 2 fully saturated rings. The summed E-state index contributed by atoms with van der Waals surface area (Å²) in [5.41, 5.74) is -0.419. The average Bonchev–Trinajstić information content (AvgIpc) is 3.41. The van der Waals surface area contributed by atoms with E-state index in [0.717, 1.165) is 32.9 Å². The van der Waals surface area contributed by atoms with E-state index in [9.17, 15) is 67.5 Å². The molecule has 27 heteroatoms. The summed E-state index contributed by atoms with van der Waals surface area (Å²) in [4.78, 5) is 43.2. The van der Waals surface area contributed by atoms with E-state index in [1.54, 1.807) is 25.5 Å². The molecular formula is C50H54F6N8O9P2S2. The van der Waals surface area contributed by atoms with E-state index in [4.69, 9.17) is 0 Å². The predicted molar refractivity (Wildman–Crippen MR) is 284 cm³/mol. The van der Waals surface area contributed by atoms with Gasteiger partial charge in [0.2, 0.25) is 20.0 Å². The molecule has 17 nitrogen and oxygen atoms in total. The standard InChI is InChI=1S/C25H28F3N4O5PS.C25H26F3N4O4PS/c1-38(2,35)11-9-17-13-19-20(29-15-17)22(33)21(31-23(19)32-10-3-4-12-39(32,36)37)24(34)30-14-16-5-7-18(8-6-16)25(26,27)28;1-37(2)11-9-17-13-19-20(29-15-17)22(33)21(31-23(19)32-10-3-4-12-38(32,35)36)24(34)30-14-16-5-7-18(8-6-16)25(26,27)28/h5-8,13,15,33H,3-4,9-12,14H2,1-2H3,(H,30,34);5-9,11,13,15,33H,3-4,10,12,14H2,1-2H3,(H,30,34)/b;11-9+. The van der Waals surface area contributed by atoms with Gasteiger partial charge in [0, 0.05) is 55.5 Å². The summed E-state index contributed by atoms with van der Waals surface area (Å²) >= 11 is 0. The number of anilines is 2. The van der Waals surface area contributed by atoms with Crippen molar-refractivity contribution in [2.24, 2.45) is 0 Å². The van der Waals surface area contributed by atoms with Crippen LogP contribution in [-0.2, 0) is 56.5 Å². The lowest BCUT2D eigenvalue weighted by Gasteiger charge is -2.28. The van der Waals surface area contributed by atoms with E-state index in [0.29, 0.717) is 60.5 Å². The first-order chi connectivity index (χ1) is 36.0. The fraction of sp³-hybridized carbons (Fsp3) is 0.360. The molecule has 6 heterocycles. The lowest BCUT2D eigenvalue weighted by Crippen LogP contribution is -2.39. The van der Waals surface area contributed by atoms with Crippen LogP contribution in [0.15, 0.2) is 78.9 Å². The smallest absolute Gasteiger partial charge is 0.416 e. The van der Waals surface area contributed by atoms with E-state index in [-0.39, 0.29) is 79.0 Å². The average molecular weight is 1150 g/mol. The molecule has 2 amide bonds. The van der Waals surface area contributed by atoms with E-state index in [1.807, 2.05) is 11.9 Å². The van der Waals surface area contributed by atoms with Gasteiger partial charge in [0.25, 0.3) is 11.8 Å². The number of aromatic nitrogens is 4. The lowest BCUT2D eigenvalue weighted by atomic mass is 10.1. The maximum Gasteiger partial charge on any atom is 0.416 e. The molecule has 2 aliphatic rings. The van der Waals surface area contributed by atoms with Crippen molar-refractivity contribution in [3.05, 3.63) is 124 Å². The molecule has 0 atom stereocenters. The molecule has 4 N–H and O–H groups in total. The number of fused-ring (bicyclic) bond motifs is 2. The summed E-state index contributed by atoms with van der Waals surface area (Å²) in [6.07, 6.45) is -1.18. The topological polar surface area (TPSA) is 242 Å². The molecule has 0 saturated carbocycles. The Balaban J connectivity index is 0.000000224. The zero-order valence-corrected chi connectivity index (χ0v) is 45.4. The second-order valence-corrected chi connectivity index (χ2v) is 28.8. The number of benzene rings is 2. The Hall–Kier alpha value is -6.42. The monoisotopic (exact) mass is 1150 g/mol. The molecule has 0 aliphatic carbocycles. The van der Waals surface area contributed by atoms with Crippen LogP contribution in [0.4, 0.5) is 38.0 Å². The lowest BCUT2D eigenvalue weighted by molar-refractivity contribution is -0.138. The quantitative estimate of drug-likeness (QED) is 0.0623. The van der Waals surface area contributed by atoms with Crippen molar-refractivity contribution >= 4 is 86.4 Å². The third-order valence-corrected chi connectivity index (χ3v) is 18.0. The van der Waals surface area contributed by atoms with Gasteiger partial charge in [-0.15, -0.1) is 0 Å². The normalized spacial score (nSPS) is 15.9. The van der Waals surface area contributed by atoms with Crippen molar-refractivity contribution < 1.29 is 67.5 Å². The van der Waals surface area contributed by atoms with Crippen LogP contribution in [0.25, 0.3) is 27.9 Å². The highest BCUT2D eigenvalue weighted by Crippen LogP contribution is 2.40. The molecule has 2 aromatic carbocycles. The number of halogens is 6. The first-order valence-electron chi connectivity index (χ1n) is 23.8. The van der Waals surface area contributed by atoms with Crippen molar-refractivity contribution in [1.29, 1.82) is 0 Å². The number of aromatic hydroxyl groups is 2. The molecule has 2 aliphatic heterocycles. The Morgan fingerprint density at radius 1 is 0.675 bits per heavy atom. The minimum atomic E-state index is -4.49. The fourth-order valence-corrected chi connectivity index (χ4v) is 12.6. The van der Waals surface area contributed by atoms with Crippen LogP contribution < -0.4 is 19.2 Å². The van der Waals surface area contributed by atoms with Crippen molar-refractivity contribution in [2.75, 3.05) is 66.0 Å². The molecule has 0 radical (unpaired) electrons. The number of amides is 2. The van der Waals surface area contributed by atoms with Crippen LogP contribution in [0.5, 0.6) is 11.5 Å². The number of nitrogens with one attached hydrogen (secondary N) is 2. The van der Waals surface area contributed by atoms with Crippen molar-refractivity contribution in [1.82, 2.24) is 30.6 Å². The van der Waals surface area contributed by atoms with Gasteiger partial charge in [-0.1, -0.05) is 44.1 Å². The van der Waals surface area contributed by atoms with Crippen molar-refractivity contribution in [3.8, 4) is 11.5 Å². The maximum atomic E-state index is 13.0. The number of rotatable bonds is 13. The summed E-state index contributed by atoms with van der Waals surface area (Å²) in [5, 5.41) is 27.4. The Labute approximate surface area is 441 Å². The molecule has 2 saturated heterocycles. The number of alkyl halides is 6. The van der Waals surface area contributed by atoms with Gasteiger partial charge >= 0.3 is 12.4 Å². The van der Waals surface area contributed by atoms with Crippen LogP contribution >= 0.6 is 15.1 Å². The number of pyridine rings is 4. The number of nitrogens with zero attached hydrogens (tertiary/aromatic N) is 6. The molecule has 0 unspecified atom stereocenters. The molecule has 77 heavy (non-hydrogen) atoms. The first kappa shape index (κ1) is 58.3. The van der Waals surface area contributed by atoms with Crippen molar-refractivity contribution in [2.45, 2.75) is 57.5 Å². The Kier molecular flexibility index (Phi) is 17.6. The van der Waals surface area contributed by atoms with Crippen molar-refractivity contribution in [3.63, 3.8) is 0 Å². The van der Waals surface area contributed by atoms with Crippen LogP contribution in [-0.4, -0.2) is 116 Å². The van der Waals surface area contributed by atoms with Gasteiger partial charge < -0.3 is 25.4 Å². The Morgan fingerprint density at radius 3 is 1.51 bits per heavy atom. The summed E-state index contributed by atoms with van der Waals surface area (Å²) in [6.45, 7) is 7.45. The molecule has 0 spiro atoms. The first-order valence-corrected chi connectivity index (χ1v) is 32.2. The van der Waals surface area contributed by atoms with Crippen LogP contribution in [0.1, 0.15) is 80.0 Å². The van der Waals surface area contributed by atoms with E-state index in [2.05, 4.69) is 43.9 Å². The largest absolute Gasteiger partial charge is 0.504 e. The molecular weight excluding hydrogens is 1100 g/mol. The molecule has 4 aromatic heterocycles. The van der Waals surface area contributed by atoms with Crippen LogP contribution in [0.2, 0.25) is 0 Å². The second-order valence-electron chi connectivity index (χ2n) is 18.9. The maximum absolute atomic E-state index is 13.0. The molecule has 8 rings (SSSR count). The highest BCUT2D eigenvalue weighted by molar-refractivity contribution is 7.93. The molecule has 412 valence electrons. The Bertz CT molecular complexity index is 3510. The minimum Gasteiger partial charge on any atom is -0.504 e. The van der Waals surface area contributed by atoms with Gasteiger partial charge in [0.1, 0.15) is 11.0 Å². The number of carbonyl (C=O) groups excluding carboxylic acids is 2. The zero-order chi connectivity index (χ0) is 56.3. The van der Waals surface area contributed by atoms with Gasteiger partial charge in [-0.05, 0) is 117 Å². The fourth-order valence-electron chi connectivity index (χ4n) is 8.14. The highest BCUT2D eigenvalue weighted by Gasteiger charge is 2.35. The summed E-state index contributed by atoms with van der Waals surface area (Å²) < 4.78 is 143. The number of carbonyl (C=O) groups is 2. The highest BCUT2D eigenvalue weighted by atomic mass is 32.2. The van der Waals surface area contributed by atoms with E-state index in [1.165, 1.54) is 36.7 Å². The van der Waals surface area contributed by atoms with Gasteiger partial charge in [-0.25, -0.2) is 26.8 Å². The number of hydrogen-bond donors (Lipinski definition) is 4. The van der Waals surface area contributed by atoms with Gasteiger partial charge in [-0.3, -0.25) is 28.2 Å². The second kappa shape index (κ2) is 23.3. The van der Waals surface area contributed by atoms with E-state index < -0.39 is 85.4 Å². The van der Waals surface area contributed by atoms with Crippen LogP contribution in [0, 0.1) is 0 Å². The van der Waals surface area contributed by atoms with Gasteiger partial charge in [-0.2, -0.15) is 26.3 Å². The van der Waals surface area contributed by atoms with Gasteiger partial charge in [0.15, 0.2) is 34.5 Å². The number of sulfonamides is 2. The zero-order valence-electron chi connectivity index (χ0n) is 42.0. The number of aryl methyl sites for hydroxylation is 1. The molecule has 0 bridgehead atoms. The van der Waals surface area contributed by atoms with Crippen LogP contribution in [0.3, 0.4) is 0 Å². The summed E-state index contributed by atoms with van der Waals surface area (Å²) in [6, 6.07) is 11.8. The SMILES string of the molecule is CP(C)(=O)CCc1cnc2c(O)c(C(=O)NCc3ccc(C(F)(F)F)cc3)nc(N3CCCCS3(=O)=O)c2c1.CP(C)/C=C/c1cnc2c(O)c(C(=O)NCc3ccc(C(F)(F)F)cc3)nc(N3CCCCS3(=O)=O)c2c1. The third kappa shape index (κ3) is 14.4. The third-order valence-electron chi connectivity index (χ3n) is 12.2. The summed E-state index contributed by atoms with van der Waals surface area (Å²) in [7, 11) is -10.1. The minimum absolute atomic E-state index is 0.00445. The predicted octanol–water partition coefficient (Wildman–Crippen LogP) is 9.31. The number of hydrogen-bond acceptors (Lipinski definition) is 13.